The van der Waals surface area contributed by atoms with Crippen molar-refractivity contribution in [1.82, 2.24) is 0 Å². The molecule has 1 rings (SSSR count). The average Bonchev–Trinajstić information content (AvgIpc) is 2.12. The smallest absolute Gasteiger partial charge is 0.267 e. The fourth-order valence-corrected chi connectivity index (χ4v) is 0.595. The molecule has 0 spiro atoms. The van der Waals surface area contributed by atoms with E-state index in [1.54, 1.807) is 18.4 Å². The minimum atomic E-state index is -0.424. The minimum absolute atomic E-state index is 0.130. The molecule has 0 radical (unpaired) electrons. The lowest BCUT2D eigenvalue weighted by Crippen LogP contribution is -2.00. The molecule has 1 aliphatic heterocycles. The van der Waals surface area contributed by atoms with Gasteiger partial charge >= 0.3 is 0 Å². The van der Waals surface area contributed by atoms with Crippen LogP contribution in [-0.4, -0.2) is 17.7 Å². The van der Waals surface area contributed by atoms with Crippen molar-refractivity contribution in [2.24, 2.45) is 4.99 Å². The van der Waals surface area contributed by atoms with E-state index in [0.717, 1.165) is 0 Å². The van der Waals surface area contributed by atoms with Gasteiger partial charge in [0.05, 0.1) is 4.92 Å². The van der Waals surface area contributed by atoms with E-state index in [2.05, 4.69) is 4.99 Å². The second kappa shape index (κ2) is 2.91. The van der Waals surface area contributed by atoms with E-state index >= 15 is 0 Å². The number of rotatable bonds is 1. The Hall–Kier alpha value is -1.45. The lowest BCUT2D eigenvalue weighted by atomic mass is 10.4. The zero-order valence-corrected chi connectivity index (χ0v) is 5.23. The Kier molecular flexibility index (Phi) is 1.94. The van der Waals surface area contributed by atoms with E-state index in [0.29, 0.717) is 0 Å². The third-order valence-corrected chi connectivity index (χ3v) is 1.08. The standard InChI is InChI=1S/C6H6N2O2/c9-8(10)6-3-1-2-4-7-5-6/h1-4H,5H2. The fraction of sp³-hybridized carbons (Fsp3) is 0.167. The maximum Gasteiger partial charge on any atom is 0.267 e. The van der Waals surface area contributed by atoms with Crippen LogP contribution in [0.4, 0.5) is 0 Å². The van der Waals surface area contributed by atoms with Crippen LogP contribution in [0.15, 0.2) is 28.9 Å². The van der Waals surface area contributed by atoms with Crippen molar-refractivity contribution < 1.29 is 4.92 Å². The summed E-state index contributed by atoms with van der Waals surface area (Å²) in [7, 11) is 0. The van der Waals surface area contributed by atoms with Gasteiger partial charge in [0, 0.05) is 12.3 Å². The molecule has 0 bridgehead atoms. The largest absolute Gasteiger partial charge is 0.282 e. The summed E-state index contributed by atoms with van der Waals surface area (Å²) >= 11 is 0. The van der Waals surface area contributed by atoms with Crippen LogP contribution in [-0.2, 0) is 0 Å². The number of allylic oxidation sites excluding steroid dienone is 3. The lowest BCUT2D eigenvalue weighted by Gasteiger charge is -1.88. The summed E-state index contributed by atoms with van der Waals surface area (Å²) < 4.78 is 0. The Morgan fingerprint density at radius 2 is 2.40 bits per heavy atom. The lowest BCUT2D eigenvalue weighted by molar-refractivity contribution is -0.425. The number of hydrogen-bond acceptors (Lipinski definition) is 3. The quantitative estimate of drug-likeness (QED) is 0.397. The van der Waals surface area contributed by atoms with Crippen molar-refractivity contribution in [3.63, 3.8) is 0 Å². The van der Waals surface area contributed by atoms with Gasteiger partial charge in [0.15, 0.2) is 0 Å². The highest BCUT2D eigenvalue weighted by atomic mass is 16.6. The first-order chi connectivity index (χ1) is 4.80. The van der Waals surface area contributed by atoms with Crippen molar-refractivity contribution in [2.45, 2.75) is 0 Å². The van der Waals surface area contributed by atoms with Crippen molar-refractivity contribution in [3.05, 3.63) is 34.0 Å². The van der Waals surface area contributed by atoms with Gasteiger partial charge in [-0.15, -0.1) is 0 Å². The number of nitrogens with zero attached hydrogens (tertiary/aromatic N) is 2. The van der Waals surface area contributed by atoms with E-state index in [4.69, 9.17) is 0 Å². The number of aliphatic imine (C=N–C) groups is 1. The van der Waals surface area contributed by atoms with Crippen LogP contribution in [0.3, 0.4) is 0 Å². The first-order valence-corrected chi connectivity index (χ1v) is 2.81. The van der Waals surface area contributed by atoms with Gasteiger partial charge in [-0.25, -0.2) is 0 Å². The monoisotopic (exact) mass is 138 g/mol. The van der Waals surface area contributed by atoms with Crippen LogP contribution in [0.2, 0.25) is 0 Å². The van der Waals surface area contributed by atoms with Crippen molar-refractivity contribution in [3.8, 4) is 0 Å². The topological polar surface area (TPSA) is 55.5 Å². The summed E-state index contributed by atoms with van der Waals surface area (Å²) in [6, 6.07) is 0. The van der Waals surface area contributed by atoms with Gasteiger partial charge in [-0.1, -0.05) is 6.08 Å². The summed E-state index contributed by atoms with van der Waals surface area (Å²) in [5.41, 5.74) is 0.130. The SMILES string of the molecule is O=[N+]([O-])C1=CC=CC=NC1. The highest BCUT2D eigenvalue weighted by molar-refractivity contribution is 5.72. The van der Waals surface area contributed by atoms with Crippen molar-refractivity contribution in [2.75, 3.05) is 6.54 Å². The van der Waals surface area contributed by atoms with Gasteiger partial charge in [0.25, 0.3) is 5.70 Å². The molecule has 0 aromatic carbocycles. The van der Waals surface area contributed by atoms with Crippen LogP contribution >= 0.6 is 0 Å². The van der Waals surface area contributed by atoms with Gasteiger partial charge in [-0.3, -0.25) is 15.1 Å². The van der Waals surface area contributed by atoms with Gasteiger partial charge in [-0.05, 0) is 6.08 Å². The van der Waals surface area contributed by atoms with Gasteiger partial charge in [0.2, 0.25) is 0 Å². The molecule has 0 aromatic rings. The van der Waals surface area contributed by atoms with Gasteiger partial charge in [-0.2, -0.15) is 0 Å². The third-order valence-electron chi connectivity index (χ3n) is 1.08. The molecule has 0 N–H and O–H groups in total. The summed E-state index contributed by atoms with van der Waals surface area (Å²) in [4.78, 5) is 13.5. The molecule has 1 aliphatic rings. The predicted molar refractivity (Wildman–Crippen MR) is 37.6 cm³/mol. The van der Waals surface area contributed by atoms with Crippen molar-refractivity contribution >= 4 is 6.21 Å². The Morgan fingerprint density at radius 1 is 1.60 bits per heavy atom. The zero-order chi connectivity index (χ0) is 7.40. The molecule has 0 saturated carbocycles. The molecule has 0 atom stereocenters. The Balaban J connectivity index is 2.78. The maximum atomic E-state index is 10.1. The molecule has 0 aromatic heterocycles. The molecule has 0 amide bonds. The molecular weight excluding hydrogens is 132 g/mol. The van der Waals surface area contributed by atoms with E-state index in [1.165, 1.54) is 6.08 Å². The van der Waals surface area contributed by atoms with E-state index < -0.39 is 4.92 Å². The molecule has 0 saturated heterocycles. The number of hydrogen-bond donors (Lipinski definition) is 0. The van der Waals surface area contributed by atoms with Crippen LogP contribution in [0.1, 0.15) is 0 Å². The van der Waals surface area contributed by atoms with Crippen LogP contribution in [0, 0.1) is 10.1 Å². The van der Waals surface area contributed by atoms with Gasteiger partial charge < -0.3 is 0 Å². The second-order valence-electron chi connectivity index (χ2n) is 1.79. The summed E-state index contributed by atoms with van der Waals surface area (Å²) in [5.74, 6) is 0. The zero-order valence-electron chi connectivity index (χ0n) is 5.23. The summed E-state index contributed by atoms with van der Waals surface area (Å²) in [6.07, 6.45) is 6.27. The molecule has 0 fully saturated rings. The molecule has 52 valence electrons. The molecule has 0 aliphatic carbocycles. The molecule has 4 heteroatoms. The molecule has 1 heterocycles. The third kappa shape index (κ3) is 1.51. The first-order valence-electron chi connectivity index (χ1n) is 2.81. The van der Waals surface area contributed by atoms with E-state index in [-0.39, 0.29) is 12.2 Å². The van der Waals surface area contributed by atoms with Gasteiger partial charge in [0.1, 0.15) is 6.54 Å². The Morgan fingerprint density at radius 3 is 3.10 bits per heavy atom. The fourth-order valence-electron chi connectivity index (χ4n) is 0.595. The minimum Gasteiger partial charge on any atom is -0.282 e. The number of nitro groups is 1. The van der Waals surface area contributed by atoms with Crippen LogP contribution in [0.25, 0.3) is 0 Å². The van der Waals surface area contributed by atoms with Crippen LogP contribution < -0.4 is 0 Å². The van der Waals surface area contributed by atoms with Crippen LogP contribution in [0.5, 0.6) is 0 Å². The average molecular weight is 138 g/mol. The Labute approximate surface area is 57.7 Å². The Bertz CT molecular complexity index is 228. The summed E-state index contributed by atoms with van der Waals surface area (Å²) in [6.45, 7) is 0.167. The van der Waals surface area contributed by atoms with Crippen molar-refractivity contribution in [1.29, 1.82) is 0 Å². The summed E-state index contributed by atoms with van der Waals surface area (Å²) in [5, 5.41) is 10.1. The normalized spacial score (nSPS) is 16.2. The van der Waals surface area contributed by atoms with E-state index in [1.807, 2.05) is 0 Å². The first kappa shape index (κ1) is 6.67. The highest BCUT2D eigenvalue weighted by Gasteiger charge is 2.07. The second-order valence-corrected chi connectivity index (χ2v) is 1.79. The molecular formula is C6H6N2O2. The molecule has 10 heavy (non-hydrogen) atoms. The molecule has 0 unspecified atom stereocenters. The highest BCUT2D eigenvalue weighted by Crippen LogP contribution is 1.98. The van der Waals surface area contributed by atoms with E-state index in [9.17, 15) is 10.1 Å². The molecule has 4 nitrogen and oxygen atoms in total. The predicted octanol–water partition coefficient (Wildman–Crippen LogP) is 0.788. The maximum absolute atomic E-state index is 10.1.